The molecule has 0 aliphatic carbocycles. The zero-order valence-corrected chi connectivity index (χ0v) is 12.7. The molecule has 0 atom stereocenters. The second-order valence-corrected chi connectivity index (χ2v) is 5.74. The largest absolute Gasteiger partial charge is 0.371 e. The van der Waals surface area contributed by atoms with E-state index < -0.39 is 0 Å². The third-order valence-corrected chi connectivity index (χ3v) is 4.40. The smallest absolute Gasteiger partial charge is 0.281 e. The lowest BCUT2D eigenvalue weighted by atomic mass is 10.0. The van der Waals surface area contributed by atoms with Crippen molar-refractivity contribution in [2.24, 2.45) is 0 Å². The van der Waals surface area contributed by atoms with E-state index in [1.807, 2.05) is 6.07 Å². The number of anilines is 1. The van der Waals surface area contributed by atoms with Crippen molar-refractivity contribution in [3.05, 3.63) is 59.4 Å². The second-order valence-electron chi connectivity index (χ2n) is 5.74. The standard InChI is InChI=1S/C17H17N5O/c23-17-15-16(19-9-8-18-15)20-12-22(17)14-6-10-21(11-7-14)13-4-2-1-3-5-13/h1-5,8-9,12,14H,6-7,10-11H2. The van der Waals surface area contributed by atoms with Crippen LogP contribution >= 0.6 is 0 Å². The lowest BCUT2D eigenvalue weighted by molar-refractivity contribution is 0.385. The summed E-state index contributed by atoms with van der Waals surface area (Å²) in [5.41, 5.74) is 1.90. The Labute approximate surface area is 133 Å². The van der Waals surface area contributed by atoms with Gasteiger partial charge in [0.25, 0.3) is 5.56 Å². The summed E-state index contributed by atoms with van der Waals surface area (Å²) in [6.45, 7) is 1.86. The zero-order valence-electron chi connectivity index (χ0n) is 12.7. The molecule has 3 aromatic rings. The fourth-order valence-corrected chi connectivity index (χ4v) is 3.17. The fourth-order valence-electron chi connectivity index (χ4n) is 3.17. The van der Waals surface area contributed by atoms with E-state index in [4.69, 9.17) is 0 Å². The molecule has 1 aliphatic heterocycles. The van der Waals surface area contributed by atoms with Gasteiger partial charge in [-0.25, -0.2) is 15.0 Å². The second kappa shape index (κ2) is 5.79. The highest BCUT2D eigenvalue weighted by molar-refractivity contribution is 5.66. The molecule has 23 heavy (non-hydrogen) atoms. The summed E-state index contributed by atoms with van der Waals surface area (Å²) in [5.74, 6) is 0. The van der Waals surface area contributed by atoms with Gasteiger partial charge in [-0.1, -0.05) is 18.2 Å². The summed E-state index contributed by atoms with van der Waals surface area (Å²) in [5, 5.41) is 0. The van der Waals surface area contributed by atoms with Crippen LogP contribution in [0.3, 0.4) is 0 Å². The van der Waals surface area contributed by atoms with Crippen molar-refractivity contribution in [3.8, 4) is 0 Å². The van der Waals surface area contributed by atoms with E-state index in [1.54, 1.807) is 17.1 Å². The number of piperidine rings is 1. The van der Waals surface area contributed by atoms with E-state index in [2.05, 4.69) is 44.1 Å². The van der Waals surface area contributed by atoms with Crippen molar-refractivity contribution in [1.82, 2.24) is 19.5 Å². The maximum atomic E-state index is 12.6. The van der Waals surface area contributed by atoms with Gasteiger partial charge in [0, 0.05) is 37.2 Å². The SMILES string of the molecule is O=c1c2nccnc2ncn1C1CCN(c2ccccc2)CC1. The third kappa shape index (κ3) is 2.56. The first-order valence-electron chi connectivity index (χ1n) is 7.81. The van der Waals surface area contributed by atoms with E-state index in [0.29, 0.717) is 11.2 Å². The van der Waals surface area contributed by atoms with Gasteiger partial charge in [-0.2, -0.15) is 0 Å². The summed E-state index contributed by atoms with van der Waals surface area (Å²) in [4.78, 5) is 27.4. The molecule has 1 aromatic carbocycles. The molecule has 2 aromatic heterocycles. The summed E-state index contributed by atoms with van der Waals surface area (Å²) < 4.78 is 1.72. The van der Waals surface area contributed by atoms with Crippen LogP contribution in [0.4, 0.5) is 5.69 Å². The number of hydrogen-bond donors (Lipinski definition) is 0. The van der Waals surface area contributed by atoms with E-state index in [0.717, 1.165) is 25.9 Å². The highest BCUT2D eigenvalue weighted by Gasteiger charge is 2.22. The minimum atomic E-state index is -0.0961. The summed E-state index contributed by atoms with van der Waals surface area (Å²) in [6.07, 6.45) is 6.54. The molecule has 3 heterocycles. The number of aromatic nitrogens is 4. The molecule has 0 spiro atoms. The highest BCUT2D eigenvalue weighted by atomic mass is 16.1. The van der Waals surface area contributed by atoms with Crippen LogP contribution in [0.2, 0.25) is 0 Å². The molecular weight excluding hydrogens is 290 g/mol. The van der Waals surface area contributed by atoms with Crippen LogP contribution in [0, 0.1) is 0 Å². The van der Waals surface area contributed by atoms with Gasteiger partial charge in [-0.15, -0.1) is 0 Å². The van der Waals surface area contributed by atoms with E-state index in [9.17, 15) is 4.79 Å². The van der Waals surface area contributed by atoms with E-state index in [1.165, 1.54) is 11.9 Å². The van der Waals surface area contributed by atoms with Crippen molar-refractivity contribution in [3.63, 3.8) is 0 Å². The van der Waals surface area contributed by atoms with Crippen molar-refractivity contribution >= 4 is 16.9 Å². The van der Waals surface area contributed by atoms with Gasteiger partial charge in [0.15, 0.2) is 11.2 Å². The van der Waals surface area contributed by atoms with Crippen LogP contribution in [-0.2, 0) is 0 Å². The molecule has 6 heteroatoms. The molecule has 0 N–H and O–H groups in total. The minimum Gasteiger partial charge on any atom is -0.371 e. The molecule has 1 aliphatic rings. The van der Waals surface area contributed by atoms with Crippen molar-refractivity contribution < 1.29 is 0 Å². The van der Waals surface area contributed by atoms with Gasteiger partial charge in [-0.05, 0) is 25.0 Å². The molecular formula is C17H17N5O. The third-order valence-electron chi connectivity index (χ3n) is 4.40. The molecule has 116 valence electrons. The van der Waals surface area contributed by atoms with Crippen LogP contribution in [0.5, 0.6) is 0 Å². The van der Waals surface area contributed by atoms with Crippen molar-refractivity contribution in [2.75, 3.05) is 18.0 Å². The van der Waals surface area contributed by atoms with Crippen molar-refractivity contribution in [2.45, 2.75) is 18.9 Å². The first-order valence-corrected chi connectivity index (χ1v) is 7.81. The summed E-state index contributed by atoms with van der Waals surface area (Å²) in [7, 11) is 0. The Bertz CT molecular complexity index is 869. The van der Waals surface area contributed by atoms with E-state index in [-0.39, 0.29) is 11.6 Å². The van der Waals surface area contributed by atoms with Crippen LogP contribution in [0.1, 0.15) is 18.9 Å². The Morgan fingerprint density at radius 2 is 1.70 bits per heavy atom. The molecule has 0 unspecified atom stereocenters. The summed E-state index contributed by atoms with van der Waals surface area (Å²) >= 11 is 0. The maximum absolute atomic E-state index is 12.6. The van der Waals surface area contributed by atoms with Gasteiger partial charge in [-0.3, -0.25) is 9.36 Å². The maximum Gasteiger partial charge on any atom is 0.281 e. The average Bonchev–Trinajstić information content (AvgIpc) is 2.63. The topological polar surface area (TPSA) is 63.9 Å². The van der Waals surface area contributed by atoms with Crippen LogP contribution in [0.15, 0.2) is 53.8 Å². The predicted molar refractivity (Wildman–Crippen MR) is 88.5 cm³/mol. The Kier molecular flexibility index (Phi) is 3.49. The van der Waals surface area contributed by atoms with Gasteiger partial charge in [0.05, 0.1) is 0 Å². The van der Waals surface area contributed by atoms with Crippen LogP contribution in [-0.4, -0.2) is 32.6 Å². The number of para-hydroxylation sites is 1. The van der Waals surface area contributed by atoms with E-state index >= 15 is 0 Å². The monoisotopic (exact) mass is 307 g/mol. The number of hydrogen-bond acceptors (Lipinski definition) is 5. The molecule has 1 saturated heterocycles. The van der Waals surface area contributed by atoms with Gasteiger partial charge in [0.1, 0.15) is 6.33 Å². The normalized spacial score (nSPS) is 15.9. The molecule has 0 radical (unpaired) electrons. The number of benzene rings is 1. The quantitative estimate of drug-likeness (QED) is 0.725. The molecule has 1 fully saturated rings. The first-order chi connectivity index (χ1) is 11.3. The van der Waals surface area contributed by atoms with Gasteiger partial charge < -0.3 is 4.90 Å². The lowest BCUT2D eigenvalue weighted by Gasteiger charge is -2.34. The summed E-state index contributed by atoms with van der Waals surface area (Å²) in [6, 6.07) is 10.5. The molecule has 4 rings (SSSR count). The van der Waals surface area contributed by atoms with Gasteiger partial charge in [0.2, 0.25) is 0 Å². The molecule has 0 saturated carbocycles. The lowest BCUT2D eigenvalue weighted by Crippen LogP contribution is -2.37. The number of fused-ring (bicyclic) bond motifs is 1. The Balaban J connectivity index is 1.57. The Morgan fingerprint density at radius 3 is 2.48 bits per heavy atom. The fraction of sp³-hybridized carbons (Fsp3) is 0.294. The first kappa shape index (κ1) is 13.9. The minimum absolute atomic E-state index is 0.0961. The molecule has 6 nitrogen and oxygen atoms in total. The number of nitrogens with zero attached hydrogens (tertiary/aromatic N) is 5. The van der Waals surface area contributed by atoms with Gasteiger partial charge >= 0.3 is 0 Å². The Hall–Kier alpha value is -2.76. The van der Waals surface area contributed by atoms with Crippen LogP contribution in [0.25, 0.3) is 11.2 Å². The van der Waals surface area contributed by atoms with Crippen molar-refractivity contribution in [1.29, 1.82) is 0 Å². The number of rotatable bonds is 2. The highest BCUT2D eigenvalue weighted by Crippen LogP contribution is 2.25. The Morgan fingerprint density at radius 1 is 0.957 bits per heavy atom. The molecule has 0 bridgehead atoms. The predicted octanol–water partition coefficient (Wildman–Crippen LogP) is 2.03. The molecule has 0 amide bonds. The zero-order chi connectivity index (χ0) is 15.6. The van der Waals surface area contributed by atoms with Crippen LogP contribution < -0.4 is 10.5 Å². The average molecular weight is 307 g/mol.